The third kappa shape index (κ3) is 5.06. The molecular weight excluding hydrogens is 445 g/mol. The van der Waals surface area contributed by atoms with E-state index in [2.05, 4.69) is 31.0 Å². The van der Waals surface area contributed by atoms with Crippen LogP contribution in [-0.2, 0) is 0 Å². The predicted octanol–water partition coefficient (Wildman–Crippen LogP) is 4.05. The van der Waals surface area contributed by atoms with E-state index in [1.165, 1.54) is 12.1 Å². The van der Waals surface area contributed by atoms with Crippen LogP contribution in [0, 0.1) is 0 Å². The zero-order valence-corrected chi connectivity index (χ0v) is 16.3. The lowest BCUT2D eigenvalue weighted by Crippen LogP contribution is -2.27. The topological polar surface area (TPSA) is 69.7 Å². The van der Waals surface area contributed by atoms with Gasteiger partial charge in [0, 0.05) is 16.7 Å². The fraction of sp³-hybridized carbons (Fsp3) is 0.333. The molecule has 1 atom stereocenters. The highest BCUT2D eigenvalue weighted by molar-refractivity contribution is 9.10. The maximum absolute atomic E-state index is 12.4. The minimum atomic E-state index is -4.45. The Hall–Kier alpha value is -2.49. The monoisotopic (exact) mass is 460 g/mol. The van der Waals surface area contributed by atoms with E-state index in [1.807, 2.05) is 0 Å². The van der Waals surface area contributed by atoms with Crippen molar-refractivity contribution in [3.63, 3.8) is 0 Å². The first-order valence-electron chi connectivity index (χ1n) is 8.28. The Labute approximate surface area is 167 Å². The molecule has 0 saturated heterocycles. The van der Waals surface area contributed by atoms with Gasteiger partial charge in [0.1, 0.15) is 13.2 Å². The molecule has 1 unspecified atom stereocenters. The molecule has 1 aliphatic rings. The number of ether oxygens (including phenoxy) is 3. The van der Waals surface area contributed by atoms with Gasteiger partial charge in [-0.15, -0.1) is 0 Å². The molecule has 2 aromatic rings. The highest BCUT2D eigenvalue weighted by Crippen LogP contribution is 2.37. The SMILES string of the molecule is CC(NC(=O)c1ccc(OCC(F)(F)F)nc1)c1cc2c(cc1Br)OCCO2. The van der Waals surface area contributed by atoms with E-state index in [1.54, 1.807) is 19.1 Å². The molecule has 0 fully saturated rings. The van der Waals surface area contributed by atoms with Gasteiger partial charge in [-0.05, 0) is 30.7 Å². The molecule has 2 heterocycles. The second-order valence-electron chi connectivity index (χ2n) is 6.00. The maximum atomic E-state index is 12.4. The lowest BCUT2D eigenvalue weighted by Gasteiger charge is -2.22. The van der Waals surface area contributed by atoms with Crippen LogP contribution in [0.3, 0.4) is 0 Å². The summed E-state index contributed by atoms with van der Waals surface area (Å²) in [4.78, 5) is 16.1. The van der Waals surface area contributed by atoms with E-state index in [4.69, 9.17) is 9.47 Å². The van der Waals surface area contributed by atoms with Gasteiger partial charge in [0.2, 0.25) is 5.88 Å². The molecular formula is C18H16BrF3N2O4. The fourth-order valence-corrected chi connectivity index (χ4v) is 3.19. The summed E-state index contributed by atoms with van der Waals surface area (Å²) in [5.74, 6) is 0.582. The molecule has 0 saturated carbocycles. The van der Waals surface area contributed by atoms with Crippen LogP contribution in [0.4, 0.5) is 13.2 Å². The Morgan fingerprint density at radius 3 is 2.57 bits per heavy atom. The number of halogens is 4. The Morgan fingerprint density at radius 1 is 1.29 bits per heavy atom. The Balaban J connectivity index is 1.66. The van der Waals surface area contributed by atoms with Crippen molar-refractivity contribution < 1.29 is 32.2 Å². The molecule has 28 heavy (non-hydrogen) atoms. The third-order valence-corrected chi connectivity index (χ3v) is 4.54. The van der Waals surface area contributed by atoms with Crippen molar-refractivity contribution >= 4 is 21.8 Å². The summed E-state index contributed by atoms with van der Waals surface area (Å²) in [5.41, 5.74) is 0.982. The van der Waals surface area contributed by atoms with Gasteiger partial charge in [-0.3, -0.25) is 4.79 Å². The summed E-state index contributed by atoms with van der Waals surface area (Å²) in [5, 5.41) is 2.81. The van der Waals surface area contributed by atoms with E-state index in [-0.39, 0.29) is 17.5 Å². The molecule has 6 nitrogen and oxygen atoms in total. The number of carbonyl (C=O) groups is 1. The van der Waals surface area contributed by atoms with Gasteiger partial charge in [0.25, 0.3) is 5.91 Å². The molecule has 0 spiro atoms. The van der Waals surface area contributed by atoms with E-state index in [0.717, 1.165) is 16.2 Å². The molecule has 1 N–H and O–H groups in total. The number of benzene rings is 1. The minimum absolute atomic E-state index is 0.194. The first-order valence-corrected chi connectivity index (χ1v) is 9.08. The Morgan fingerprint density at radius 2 is 1.96 bits per heavy atom. The lowest BCUT2D eigenvalue weighted by molar-refractivity contribution is -0.154. The highest BCUT2D eigenvalue weighted by Gasteiger charge is 2.28. The average Bonchev–Trinajstić information content (AvgIpc) is 2.65. The number of carbonyl (C=O) groups excluding carboxylic acids is 1. The van der Waals surface area contributed by atoms with Crippen molar-refractivity contribution in [3.8, 4) is 17.4 Å². The molecule has 1 aliphatic heterocycles. The molecule has 1 amide bonds. The van der Waals surface area contributed by atoms with Crippen LogP contribution >= 0.6 is 15.9 Å². The number of aromatic nitrogens is 1. The average molecular weight is 461 g/mol. The number of nitrogens with zero attached hydrogens (tertiary/aromatic N) is 1. The first-order chi connectivity index (χ1) is 13.2. The number of nitrogens with one attached hydrogen (secondary N) is 1. The van der Waals surface area contributed by atoms with Crippen molar-refractivity contribution in [1.29, 1.82) is 0 Å². The number of rotatable bonds is 5. The summed E-state index contributed by atoms with van der Waals surface area (Å²) in [6, 6.07) is 5.75. The van der Waals surface area contributed by atoms with Crippen LogP contribution in [0.1, 0.15) is 28.9 Å². The van der Waals surface area contributed by atoms with Crippen LogP contribution in [0.5, 0.6) is 17.4 Å². The van der Waals surface area contributed by atoms with Crippen molar-refractivity contribution in [2.24, 2.45) is 0 Å². The van der Waals surface area contributed by atoms with Gasteiger partial charge >= 0.3 is 6.18 Å². The molecule has 0 radical (unpaired) electrons. The molecule has 0 bridgehead atoms. The first kappa shape index (κ1) is 20.2. The summed E-state index contributed by atoms with van der Waals surface area (Å²) >= 11 is 3.46. The van der Waals surface area contributed by atoms with Gasteiger partial charge in [0.15, 0.2) is 18.1 Å². The Kier molecular flexibility index (Phi) is 5.97. The van der Waals surface area contributed by atoms with E-state index in [9.17, 15) is 18.0 Å². The number of amides is 1. The van der Waals surface area contributed by atoms with Crippen LogP contribution in [0.15, 0.2) is 34.9 Å². The van der Waals surface area contributed by atoms with Crippen molar-refractivity contribution in [2.45, 2.75) is 19.1 Å². The predicted molar refractivity (Wildman–Crippen MR) is 96.8 cm³/mol. The molecule has 150 valence electrons. The van der Waals surface area contributed by atoms with Gasteiger partial charge < -0.3 is 19.5 Å². The summed E-state index contributed by atoms with van der Waals surface area (Å²) < 4.78 is 52.8. The van der Waals surface area contributed by atoms with Gasteiger partial charge in [0.05, 0.1) is 11.6 Å². The minimum Gasteiger partial charge on any atom is -0.486 e. The summed E-state index contributed by atoms with van der Waals surface area (Å²) in [7, 11) is 0. The smallest absolute Gasteiger partial charge is 0.422 e. The fourth-order valence-electron chi connectivity index (χ4n) is 2.53. The summed E-state index contributed by atoms with van der Waals surface area (Å²) in [6.07, 6.45) is -3.29. The number of hydrogen-bond acceptors (Lipinski definition) is 5. The Bertz CT molecular complexity index is 859. The quantitative estimate of drug-likeness (QED) is 0.728. The standard InChI is InChI=1S/C18H16BrF3N2O4/c1-10(12-6-14-15(7-13(12)19)27-5-4-26-14)24-17(25)11-2-3-16(23-8-11)28-9-18(20,21)22/h2-3,6-8,10H,4-5,9H2,1H3,(H,24,25). The van der Waals surface area contributed by atoms with E-state index >= 15 is 0 Å². The number of hydrogen-bond donors (Lipinski definition) is 1. The van der Waals surface area contributed by atoms with Crippen molar-refractivity contribution in [3.05, 3.63) is 46.1 Å². The van der Waals surface area contributed by atoms with Crippen molar-refractivity contribution in [1.82, 2.24) is 10.3 Å². The van der Waals surface area contributed by atoms with E-state index < -0.39 is 18.7 Å². The third-order valence-electron chi connectivity index (χ3n) is 3.86. The van der Waals surface area contributed by atoms with Gasteiger partial charge in [-0.1, -0.05) is 15.9 Å². The van der Waals surface area contributed by atoms with Gasteiger partial charge in [-0.25, -0.2) is 4.98 Å². The largest absolute Gasteiger partial charge is 0.486 e. The normalized spacial score (nSPS) is 14.3. The van der Waals surface area contributed by atoms with Crippen LogP contribution in [0.2, 0.25) is 0 Å². The van der Waals surface area contributed by atoms with Crippen molar-refractivity contribution in [2.75, 3.05) is 19.8 Å². The van der Waals surface area contributed by atoms with Crippen LogP contribution in [-0.4, -0.2) is 36.9 Å². The molecule has 3 rings (SSSR count). The number of fused-ring (bicyclic) bond motifs is 1. The zero-order valence-electron chi connectivity index (χ0n) is 14.7. The zero-order chi connectivity index (χ0) is 20.3. The lowest BCUT2D eigenvalue weighted by atomic mass is 10.1. The van der Waals surface area contributed by atoms with Gasteiger partial charge in [-0.2, -0.15) is 13.2 Å². The highest BCUT2D eigenvalue weighted by atomic mass is 79.9. The second kappa shape index (κ2) is 8.26. The number of pyridine rings is 1. The molecule has 1 aromatic heterocycles. The maximum Gasteiger partial charge on any atom is 0.422 e. The molecule has 10 heteroatoms. The van der Waals surface area contributed by atoms with Crippen LogP contribution < -0.4 is 19.5 Å². The molecule has 1 aromatic carbocycles. The van der Waals surface area contributed by atoms with Crippen LogP contribution in [0.25, 0.3) is 0 Å². The van der Waals surface area contributed by atoms with E-state index in [0.29, 0.717) is 24.7 Å². The summed E-state index contributed by atoms with van der Waals surface area (Å²) in [6.45, 7) is 1.27. The number of alkyl halides is 3. The molecule has 0 aliphatic carbocycles. The second-order valence-corrected chi connectivity index (χ2v) is 6.86.